The van der Waals surface area contributed by atoms with E-state index in [1.165, 1.54) is 13.2 Å². The average Bonchev–Trinajstić information content (AvgIpc) is 2.68. The van der Waals surface area contributed by atoms with E-state index in [9.17, 15) is 14.4 Å². The van der Waals surface area contributed by atoms with Crippen LogP contribution < -0.4 is 10.1 Å². The summed E-state index contributed by atoms with van der Waals surface area (Å²) in [5, 5.41) is 21.3. The van der Waals surface area contributed by atoms with E-state index in [0.717, 1.165) is 0 Å². The summed E-state index contributed by atoms with van der Waals surface area (Å²) in [5.41, 5.74) is 1.50. The first-order chi connectivity index (χ1) is 14.2. The van der Waals surface area contributed by atoms with E-state index in [0.29, 0.717) is 27.6 Å². The standard InChI is InChI=1S/C20H19Cl2NO7/c1-29-17-5-2-11(9-14(18(24)25)19(26)27)8-12(17)6-7-30-20(28)23-16-4-3-13(21)10-15(16)22/h2-5,8,10,14H,6-7,9H2,1H3,(H,23,28)(H,24,25)(H,26,27). The van der Waals surface area contributed by atoms with Gasteiger partial charge >= 0.3 is 18.0 Å². The van der Waals surface area contributed by atoms with Gasteiger partial charge in [0.25, 0.3) is 0 Å². The van der Waals surface area contributed by atoms with Gasteiger partial charge in [-0.2, -0.15) is 0 Å². The van der Waals surface area contributed by atoms with E-state index in [4.69, 9.17) is 42.9 Å². The number of halogens is 2. The molecule has 2 rings (SSSR count). The summed E-state index contributed by atoms with van der Waals surface area (Å²) in [6, 6.07) is 9.43. The van der Waals surface area contributed by atoms with Crippen LogP contribution in [0.25, 0.3) is 0 Å². The average molecular weight is 456 g/mol. The van der Waals surface area contributed by atoms with Crippen molar-refractivity contribution in [1.82, 2.24) is 0 Å². The summed E-state index contributed by atoms with van der Waals surface area (Å²) in [6.45, 7) is -0.00184. The lowest BCUT2D eigenvalue weighted by atomic mass is 9.97. The Morgan fingerprint density at radius 1 is 1.07 bits per heavy atom. The maximum absolute atomic E-state index is 12.0. The van der Waals surface area contributed by atoms with E-state index >= 15 is 0 Å². The Morgan fingerprint density at radius 2 is 1.77 bits per heavy atom. The Kier molecular flexibility index (Phi) is 8.32. The second-order valence-electron chi connectivity index (χ2n) is 6.21. The molecule has 1 amide bonds. The van der Waals surface area contributed by atoms with Crippen LogP contribution in [0.15, 0.2) is 36.4 Å². The molecule has 160 valence electrons. The van der Waals surface area contributed by atoms with Crippen LogP contribution in [0, 0.1) is 5.92 Å². The first-order valence-corrected chi connectivity index (χ1v) is 9.47. The Bertz CT molecular complexity index is 935. The Morgan fingerprint density at radius 3 is 2.37 bits per heavy atom. The van der Waals surface area contributed by atoms with Crippen molar-refractivity contribution in [3.8, 4) is 5.75 Å². The molecule has 3 N–H and O–H groups in total. The van der Waals surface area contributed by atoms with Gasteiger partial charge in [0.1, 0.15) is 5.75 Å². The molecule has 10 heteroatoms. The molecule has 0 aliphatic carbocycles. The monoisotopic (exact) mass is 455 g/mol. The van der Waals surface area contributed by atoms with Gasteiger partial charge in [-0.25, -0.2) is 4.79 Å². The van der Waals surface area contributed by atoms with E-state index in [-0.39, 0.29) is 24.5 Å². The molecule has 0 heterocycles. The van der Waals surface area contributed by atoms with Crippen LogP contribution in [0.4, 0.5) is 10.5 Å². The van der Waals surface area contributed by atoms with Crippen molar-refractivity contribution in [2.45, 2.75) is 12.8 Å². The normalized spacial score (nSPS) is 10.5. The third-order valence-corrected chi connectivity index (χ3v) is 4.70. The van der Waals surface area contributed by atoms with Crippen molar-refractivity contribution in [2.75, 3.05) is 19.0 Å². The molecule has 0 unspecified atom stereocenters. The van der Waals surface area contributed by atoms with E-state index in [1.807, 2.05) is 0 Å². The van der Waals surface area contributed by atoms with Crippen molar-refractivity contribution < 1.29 is 34.1 Å². The molecule has 0 saturated carbocycles. The van der Waals surface area contributed by atoms with Gasteiger partial charge in [-0.05, 0) is 41.8 Å². The SMILES string of the molecule is COc1ccc(CC(C(=O)O)C(=O)O)cc1CCOC(=O)Nc1ccc(Cl)cc1Cl. The third-order valence-electron chi connectivity index (χ3n) is 4.15. The minimum absolute atomic E-state index is 0.00184. The lowest BCUT2D eigenvalue weighted by Gasteiger charge is -2.13. The molecule has 2 aromatic rings. The molecule has 0 aliphatic rings. The van der Waals surface area contributed by atoms with Crippen LogP contribution >= 0.6 is 23.2 Å². The molecule has 2 aromatic carbocycles. The second kappa shape index (κ2) is 10.7. The molecule has 30 heavy (non-hydrogen) atoms. The summed E-state index contributed by atoms with van der Waals surface area (Å²) >= 11 is 11.8. The van der Waals surface area contributed by atoms with Gasteiger partial charge in [0.15, 0.2) is 5.92 Å². The van der Waals surface area contributed by atoms with Crippen molar-refractivity contribution in [3.05, 3.63) is 57.6 Å². The van der Waals surface area contributed by atoms with Crippen LogP contribution in [0.3, 0.4) is 0 Å². The molecular weight excluding hydrogens is 437 g/mol. The van der Waals surface area contributed by atoms with Gasteiger partial charge in [-0.3, -0.25) is 14.9 Å². The van der Waals surface area contributed by atoms with Crippen molar-refractivity contribution in [1.29, 1.82) is 0 Å². The van der Waals surface area contributed by atoms with Gasteiger partial charge in [0, 0.05) is 11.4 Å². The zero-order chi connectivity index (χ0) is 22.3. The molecule has 0 aliphatic heterocycles. The molecular formula is C20H19Cl2NO7. The number of carboxylic acids is 2. The van der Waals surface area contributed by atoms with Crippen LogP contribution in [0.1, 0.15) is 11.1 Å². The Balaban J connectivity index is 2.00. The number of rotatable bonds is 9. The van der Waals surface area contributed by atoms with Gasteiger partial charge in [0.2, 0.25) is 0 Å². The predicted molar refractivity (Wildman–Crippen MR) is 111 cm³/mol. The second-order valence-corrected chi connectivity index (χ2v) is 7.06. The highest BCUT2D eigenvalue weighted by molar-refractivity contribution is 6.36. The highest BCUT2D eigenvalue weighted by Gasteiger charge is 2.26. The van der Waals surface area contributed by atoms with Crippen LogP contribution in [0.5, 0.6) is 5.75 Å². The first-order valence-electron chi connectivity index (χ1n) is 8.71. The number of hydrogen-bond donors (Lipinski definition) is 3. The minimum Gasteiger partial charge on any atom is -0.496 e. The van der Waals surface area contributed by atoms with Gasteiger partial charge in [-0.15, -0.1) is 0 Å². The summed E-state index contributed by atoms with van der Waals surface area (Å²) in [6.07, 6.45) is -0.632. The van der Waals surface area contributed by atoms with Gasteiger partial charge < -0.3 is 19.7 Å². The van der Waals surface area contributed by atoms with Gasteiger partial charge in [0.05, 0.1) is 24.4 Å². The van der Waals surface area contributed by atoms with Crippen molar-refractivity contribution >= 4 is 46.9 Å². The number of carbonyl (C=O) groups is 3. The van der Waals surface area contributed by atoms with Crippen LogP contribution in [-0.4, -0.2) is 42.0 Å². The lowest BCUT2D eigenvalue weighted by molar-refractivity contribution is -0.154. The number of anilines is 1. The van der Waals surface area contributed by atoms with E-state index in [1.54, 1.807) is 30.3 Å². The smallest absolute Gasteiger partial charge is 0.411 e. The summed E-state index contributed by atoms with van der Waals surface area (Å²) < 4.78 is 10.4. The fraction of sp³-hybridized carbons (Fsp3) is 0.250. The number of amides is 1. The topological polar surface area (TPSA) is 122 Å². The predicted octanol–water partition coefficient (Wildman–Crippen LogP) is 4.12. The van der Waals surface area contributed by atoms with Crippen LogP contribution in [-0.2, 0) is 27.2 Å². The minimum atomic E-state index is -1.56. The summed E-state index contributed by atoms with van der Waals surface area (Å²) in [4.78, 5) is 34.2. The number of nitrogens with one attached hydrogen (secondary N) is 1. The number of carbonyl (C=O) groups excluding carboxylic acids is 1. The van der Waals surface area contributed by atoms with E-state index < -0.39 is 23.9 Å². The highest BCUT2D eigenvalue weighted by Crippen LogP contribution is 2.26. The molecule has 0 fully saturated rings. The third kappa shape index (κ3) is 6.53. The molecule has 0 bridgehead atoms. The zero-order valence-electron chi connectivity index (χ0n) is 15.9. The van der Waals surface area contributed by atoms with Crippen molar-refractivity contribution in [2.24, 2.45) is 5.92 Å². The zero-order valence-corrected chi connectivity index (χ0v) is 17.4. The van der Waals surface area contributed by atoms with Crippen LogP contribution in [0.2, 0.25) is 10.0 Å². The highest BCUT2D eigenvalue weighted by atomic mass is 35.5. The number of carboxylic acid groups (broad SMARTS) is 2. The maximum atomic E-state index is 12.0. The number of ether oxygens (including phenoxy) is 2. The van der Waals surface area contributed by atoms with E-state index in [2.05, 4.69) is 5.32 Å². The lowest BCUT2D eigenvalue weighted by Crippen LogP contribution is -2.25. The Labute approximate surface area is 182 Å². The number of benzene rings is 2. The summed E-state index contributed by atoms with van der Waals surface area (Å²) in [5.74, 6) is -3.88. The maximum Gasteiger partial charge on any atom is 0.411 e. The molecule has 0 saturated heterocycles. The summed E-state index contributed by atoms with van der Waals surface area (Å²) in [7, 11) is 1.46. The fourth-order valence-corrected chi connectivity index (χ4v) is 3.12. The molecule has 0 atom stereocenters. The number of hydrogen-bond acceptors (Lipinski definition) is 5. The van der Waals surface area contributed by atoms with Crippen molar-refractivity contribution in [3.63, 3.8) is 0 Å². The molecule has 8 nitrogen and oxygen atoms in total. The first kappa shape index (κ1) is 23.3. The molecule has 0 aromatic heterocycles. The van der Waals surface area contributed by atoms with Gasteiger partial charge in [-0.1, -0.05) is 35.3 Å². The number of methoxy groups -OCH3 is 1. The molecule has 0 radical (unpaired) electrons. The molecule has 0 spiro atoms. The fourth-order valence-electron chi connectivity index (χ4n) is 2.66. The Hall–Kier alpha value is -2.97. The quantitative estimate of drug-likeness (QED) is 0.485. The largest absolute Gasteiger partial charge is 0.496 e. The number of aliphatic carboxylic acids is 2.